The second-order valence-electron chi connectivity index (χ2n) is 5.57. The highest BCUT2D eigenvalue weighted by Crippen LogP contribution is 2.23. The molecule has 0 bridgehead atoms. The third-order valence-electron chi connectivity index (χ3n) is 4.53. The Balaban J connectivity index is 1.88. The van der Waals surface area contributed by atoms with Gasteiger partial charge in [0.2, 0.25) is 0 Å². The van der Waals surface area contributed by atoms with Crippen LogP contribution in [0.4, 0.5) is 0 Å². The van der Waals surface area contributed by atoms with E-state index in [0.717, 1.165) is 19.3 Å². The van der Waals surface area contributed by atoms with Gasteiger partial charge in [0.1, 0.15) is 0 Å². The van der Waals surface area contributed by atoms with Crippen LogP contribution in [0.5, 0.6) is 0 Å². The average Bonchev–Trinajstić information content (AvgIpc) is 2.40. The second-order valence-corrected chi connectivity index (χ2v) is 5.57. The highest BCUT2D eigenvalue weighted by atomic mass is 16.5. The number of hydrogen-bond donors (Lipinski definition) is 1. The molecule has 2 aliphatic heterocycles. The summed E-state index contributed by atoms with van der Waals surface area (Å²) in [5.74, 6) is 0.681. The Morgan fingerprint density at radius 3 is 2.94 bits per heavy atom. The molecular weight excluding hydrogens is 212 g/mol. The number of nitrogens with zero attached hydrogens (tertiary/aromatic N) is 1. The fourth-order valence-electron chi connectivity index (χ4n) is 3.42. The number of hydrogen-bond acceptors (Lipinski definition) is 3. The van der Waals surface area contributed by atoms with Crippen molar-refractivity contribution in [2.24, 2.45) is 5.92 Å². The Kier molecular flexibility index (Phi) is 5.26. The van der Waals surface area contributed by atoms with Crippen molar-refractivity contribution in [3.63, 3.8) is 0 Å². The molecule has 2 rings (SSSR count). The first-order valence-corrected chi connectivity index (χ1v) is 7.34. The molecule has 0 aliphatic carbocycles. The Hall–Kier alpha value is -0.120. The third kappa shape index (κ3) is 3.43. The summed E-state index contributed by atoms with van der Waals surface area (Å²) in [6, 6.07) is 1.48. The second kappa shape index (κ2) is 6.72. The van der Waals surface area contributed by atoms with E-state index in [-0.39, 0.29) is 0 Å². The van der Waals surface area contributed by atoms with E-state index >= 15 is 0 Å². The topological polar surface area (TPSA) is 24.5 Å². The van der Waals surface area contributed by atoms with Gasteiger partial charge in [0.05, 0.1) is 6.61 Å². The monoisotopic (exact) mass is 240 g/mol. The molecule has 0 aromatic rings. The molecule has 17 heavy (non-hydrogen) atoms. The van der Waals surface area contributed by atoms with Gasteiger partial charge in [-0.1, -0.05) is 13.3 Å². The highest BCUT2D eigenvalue weighted by molar-refractivity contribution is 4.84. The summed E-state index contributed by atoms with van der Waals surface area (Å²) in [5.41, 5.74) is 0. The van der Waals surface area contributed by atoms with Gasteiger partial charge >= 0.3 is 0 Å². The SMILES string of the molecule is CCC1CCCCN1CC1COCCC1NC. The maximum absolute atomic E-state index is 5.66. The van der Waals surface area contributed by atoms with Crippen LogP contribution in [-0.4, -0.2) is 50.3 Å². The van der Waals surface area contributed by atoms with Gasteiger partial charge in [0.25, 0.3) is 0 Å². The molecule has 0 radical (unpaired) electrons. The van der Waals surface area contributed by atoms with Crippen molar-refractivity contribution >= 4 is 0 Å². The standard InChI is InChI=1S/C14H28N2O/c1-3-13-6-4-5-8-16(13)10-12-11-17-9-7-14(12)15-2/h12-15H,3-11H2,1-2H3. The predicted molar refractivity (Wildman–Crippen MR) is 71.3 cm³/mol. The van der Waals surface area contributed by atoms with Crippen molar-refractivity contribution in [2.75, 3.05) is 33.4 Å². The van der Waals surface area contributed by atoms with Crippen molar-refractivity contribution in [3.8, 4) is 0 Å². The van der Waals surface area contributed by atoms with E-state index in [2.05, 4.69) is 24.2 Å². The molecule has 3 nitrogen and oxygen atoms in total. The molecule has 3 atom stereocenters. The summed E-state index contributed by atoms with van der Waals surface area (Å²) in [7, 11) is 2.09. The van der Waals surface area contributed by atoms with E-state index in [1.54, 1.807) is 0 Å². The van der Waals surface area contributed by atoms with Crippen LogP contribution >= 0.6 is 0 Å². The molecule has 0 aromatic carbocycles. The minimum Gasteiger partial charge on any atom is -0.381 e. The zero-order valence-corrected chi connectivity index (χ0v) is 11.5. The van der Waals surface area contributed by atoms with E-state index in [1.807, 2.05) is 0 Å². The van der Waals surface area contributed by atoms with Gasteiger partial charge in [0.15, 0.2) is 0 Å². The molecule has 1 N–H and O–H groups in total. The van der Waals surface area contributed by atoms with Crippen LogP contribution in [0.2, 0.25) is 0 Å². The molecule has 2 fully saturated rings. The molecule has 0 saturated carbocycles. The van der Waals surface area contributed by atoms with Gasteiger partial charge < -0.3 is 10.1 Å². The molecule has 2 heterocycles. The highest BCUT2D eigenvalue weighted by Gasteiger charge is 2.29. The van der Waals surface area contributed by atoms with Crippen molar-refractivity contribution < 1.29 is 4.74 Å². The fraction of sp³-hybridized carbons (Fsp3) is 1.00. The normalized spacial score (nSPS) is 36.0. The summed E-state index contributed by atoms with van der Waals surface area (Å²) in [5, 5.41) is 3.47. The smallest absolute Gasteiger partial charge is 0.0521 e. The molecule has 2 saturated heterocycles. The molecule has 0 aromatic heterocycles. The lowest BCUT2D eigenvalue weighted by atomic mass is 9.92. The van der Waals surface area contributed by atoms with Gasteiger partial charge in [-0.05, 0) is 39.3 Å². The first-order chi connectivity index (χ1) is 8.35. The molecule has 3 heteroatoms. The van der Waals surface area contributed by atoms with E-state index in [1.165, 1.54) is 45.2 Å². The quantitative estimate of drug-likeness (QED) is 0.812. The first kappa shape index (κ1) is 13.3. The molecule has 0 amide bonds. The number of rotatable bonds is 4. The van der Waals surface area contributed by atoms with Crippen molar-refractivity contribution in [1.82, 2.24) is 10.2 Å². The number of ether oxygens (including phenoxy) is 1. The minimum atomic E-state index is 0.656. The maximum atomic E-state index is 5.66. The Morgan fingerprint density at radius 1 is 1.29 bits per heavy atom. The van der Waals surface area contributed by atoms with Gasteiger partial charge in [-0.25, -0.2) is 0 Å². The van der Waals surface area contributed by atoms with Gasteiger partial charge in [-0.2, -0.15) is 0 Å². The van der Waals surface area contributed by atoms with Crippen molar-refractivity contribution in [3.05, 3.63) is 0 Å². The number of nitrogens with one attached hydrogen (secondary N) is 1. The van der Waals surface area contributed by atoms with Crippen LogP contribution in [0.3, 0.4) is 0 Å². The molecule has 0 spiro atoms. The lowest BCUT2D eigenvalue weighted by Gasteiger charge is -2.40. The molecular formula is C14H28N2O. The zero-order chi connectivity index (χ0) is 12.1. The van der Waals surface area contributed by atoms with E-state index in [4.69, 9.17) is 4.74 Å². The van der Waals surface area contributed by atoms with E-state index in [9.17, 15) is 0 Å². The van der Waals surface area contributed by atoms with Gasteiger partial charge in [-0.3, -0.25) is 4.90 Å². The van der Waals surface area contributed by atoms with E-state index < -0.39 is 0 Å². The Labute approximate surface area is 106 Å². The minimum absolute atomic E-state index is 0.656. The summed E-state index contributed by atoms with van der Waals surface area (Å²) < 4.78 is 5.66. The van der Waals surface area contributed by atoms with Crippen LogP contribution in [0.25, 0.3) is 0 Å². The lowest BCUT2D eigenvalue weighted by Crippen LogP contribution is -2.50. The third-order valence-corrected chi connectivity index (χ3v) is 4.53. The largest absolute Gasteiger partial charge is 0.381 e. The molecule has 100 valence electrons. The van der Waals surface area contributed by atoms with Crippen LogP contribution in [-0.2, 0) is 4.74 Å². The summed E-state index contributed by atoms with van der Waals surface area (Å²) in [4.78, 5) is 2.72. The average molecular weight is 240 g/mol. The summed E-state index contributed by atoms with van der Waals surface area (Å²) >= 11 is 0. The van der Waals surface area contributed by atoms with Crippen molar-refractivity contribution in [2.45, 2.75) is 51.1 Å². The van der Waals surface area contributed by atoms with Crippen LogP contribution in [0.1, 0.15) is 39.0 Å². The summed E-state index contributed by atoms with van der Waals surface area (Å²) in [6.07, 6.45) is 6.68. The Bertz CT molecular complexity index is 200. The number of piperidine rings is 1. The molecule has 2 aliphatic rings. The van der Waals surface area contributed by atoms with Crippen molar-refractivity contribution in [1.29, 1.82) is 0 Å². The van der Waals surface area contributed by atoms with Crippen LogP contribution < -0.4 is 5.32 Å². The predicted octanol–water partition coefficient (Wildman–Crippen LogP) is 1.88. The van der Waals surface area contributed by atoms with Gasteiger partial charge in [0, 0.05) is 31.2 Å². The summed E-state index contributed by atoms with van der Waals surface area (Å²) in [6.45, 7) is 6.73. The lowest BCUT2D eigenvalue weighted by molar-refractivity contribution is 0.00595. The molecule has 3 unspecified atom stereocenters. The maximum Gasteiger partial charge on any atom is 0.0521 e. The van der Waals surface area contributed by atoms with Crippen LogP contribution in [0, 0.1) is 5.92 Å². The number of likely N-dealkylation sites (tertiary alicyclic amines) is 1. The van der Waals surface area contributed by atoms with E-state index in [0.29, 0.717) is 12.0 Å². The van der Waals surface area contributed by atoms with Gasteiger partial charge in [-0.15, -0.1) is 0 Å². The zero-order valence-electron chi connectivity index (χ0n) is 11.5. The Morgan fingerprint density at radius 2 is 2.18 bits per heavy atom. The fourth-order valence-corrected chi connectivity index (χ4v) is 3.42. The van der Waals surface area contributed by atoms with Crippen LogP contribution in [0.15, 0.2) is 0 Å². The first-order valence-electron chi connectivity index (χ1n) is 7.34.